The number of rotatable bonds is 2. The van der Waals surface area contributed by atoms with E-state index in [1.54, 1.807) is 0 Å². The molecule has 26 heavy (non-hydrogen) atoms. The Labute approximate surface area is 151 Å². The van der Waals surface area contributed by atoms with E-state index < -0.39 is 28.1 Å². The van der Waals surface area contributed by atoms with Crippen LogP contribution in [-0.4, -0.2) is 20.7 Å². The van der Waals surface area contributed by atoms with Crippen LogP contribution in [0.15, 0.2) is 65.1 Å². The first kappa shape index (κ1) is 16.9. The Morgan fingerprint density at radius 2 is 1.92 bits per heavy atom. The molecular weight excluding hydrogens is 357 g/mol. The minimum Gasteiger partial charge on any atom is -0.368 e. The van der Waals surface area contributed by atoms with Gasteiger partial charge in [-0.2, -0.15) is 8.42 Å². The standard InChI is InChI=1S/C19H16FNO4S/c1-12-9-16(19(24-11-12)13-5-3-2-4-6-13)18-15-10-14(20)7-8-17(15)25-26(22,23)21-18/h2-8,10,16,19H,1,9,11H2/t16?,19-/m1/s1. The molecule has 0 amide bonds. The van der Waals surface area contributed by atoms with E-state index in [0.29, 0.717) is 18.6 Å². The topological polar surface area (TPSA) is 65.0 Å². The van der Waals surface area contributed by atoms with Gasteiger partial charge in [0.05, 0.1) is 18.4 Å². The molecule has 1 fully saturated rings. The van der Waals surface area contributed by atoms with Gasteiger partial charge in [0.2, 0.25) is 0 Å². The molecule has 2 aliphatic rings. The zero-order valence-electron chi connectivity index (χ0n) is 13.8. The molecule has 134 valence electrons. The van der Waals surface area contributed by atoms with Gasteiger partial charge in [-0.25, -0.2) is 4.39 Å². The molecule has 2 heterocycles. The van der Waals surface area contributed by atoms with Gasteiger partial charge in [0, 0.05) is 11.5 Å². The average molecular weight is 373 g/mol. The van der Waals surface area contributed by atoms with Crippen LogP contribution in [0.2, 0.25) is 0 Å². The predicted molar refractivity (Wildman–Crippen MR) is 94.9 cm³/mol. The Morgan fingerprint density at radius 3 is 2.69 bits per heavy atom. The van der Waals surface area contributed by atoms with Gasteiger partial charge in [-0.1, -0.05) is 42.5 Å². The molecule has 1 saturated heterocycles. The molecule has 7 heteroatoms. The first-order valence-electron chi connectivity index (χ1n) is 8.10. The van der Waals surface area contributed by atoms with Gasteiger partial charge in [0.15, 0.2) is 5.75 Å². The van der Waals surface area contributed by atoms with Crippen molar-refractivity contribution in [1.82, 2.24) is 0 Å². The van der Waals surface area contributed by atoms with E-state index >= 15 is 0 Å². The Hall–Kier alpha value is -2.51. The van der Waals surface area contributed by atoms with E-state index in [-0.39, 0.29) is 11.5 Å². The normalized spacial score (nSPS) is 24.3. The second-order valence-corrected chi connectivity index (χ2v) is 7.54. The maximum absolute atomic E-state index is 13.8. The van der Waals surface area contributed by atoms with Crippen molar-refractivity contribution in [2.24, 2.45) is 10.3 Å². The van der Waals surface area contributed by atoms with Gasteiger partial charge < -0.3 is 8.92 Å². The maximum atomic E-state index is 13.8. The van der Waals surface area contributed by atoms with Crippen molar-refractivity contribution in [3.05, 3.63) is 77.6 Å². The van der Waals surface area contributed by atoms with E-state index in [4.69, 9.17) is 8.92 Å². The summed E-state index contributed by atoms with van der Waals surface area (Å²) in [5, 5.41) is 0. The summed E-state index contributed by atoms with van der Waals surface area (Å²) in [5.41, 5.74) is 2.28. The summed E-state index contributed by atoms with van der Waals surface area (Å²) < 4.78 is 52.7. The summed E-state index contributed by atoms with van der Waals surface area (Å²) in [7, 11) is -4.15. The molecule has 0 saturated carbocycles. The number of nitrogens with zero attached hydrogens (tertiary/aromatic N) is 1. The van der Waals surface area contributed by atoms with Crippen molar-refractivity contribution in [1.29, 1.82) is 0 Å². The Bertz CT molecular complexity index is 1000. The lowest BCUT2D eigenvalue weighted by Crippen LogP contribution is -2.33. The Balaban J connectivity index is 1.86. The van der Waals surface area contributed by atoms with Crippen molar-refractivity contribution in [3.8, 4) is 5.75 Å². The molecule has 0 aromatic heterocycles. The minimum absolute atomic E-state index is 0.0689. The molecular formula is C19H16FNO4S. The zero-order valence-corrected chi connectivity index (χ0v) is 14.6. The summed E-state index contributed by atoms with van der Waals surface area (Å²) in [6.45, 7) is 4.34. The number of fused-ring (bicyclic) bond motifs is 1. The van der Waals surface area contributed by atoms with Crippen LogP contribution < -0.4 is 4.18 Å². The second-order valence-electron chi connectivity index (χ2n) is 6.33. The molecule has 4 rings (SSSR count). The van der Waals surface area contributed by atoms with Crippen LogP contribution in [0.5, 0.6) is 5.75 Å². The van der Waals surface area contributed by atoms with E-state index in [1.807, 2.05) is 30.3 Å². The molecule has 0 spiro atoms. The van der Waals surface area contributed by atoms with E-state index in [1.165, 1.54) is 12.1 Å². The Morgan fingerprint density at radius 1 is 1.15 bits per heavy atom. The third-order valence-electron chi connectivity index (χ3n) is 4.44. The lowest BCUT2D eigenvalue weighted by molar-refractivity contribution is 0.0209. The average Bonchev–Trinajstić information content (AvgIpc) is 2.62. The van der Waals surface area contributed by atoms with Gasteiger partial charge >= 0.3 is 10.3 Å². The highest BCUT2D eigenvalue weighted by atomic mass is 32.2. The molecule has 0 N–H and O–H groups in total. The highest BCUT2D eigenvalue weighted by molar-refractivity contribution is 7.86. The summed E-state index contributed by atoms with van der Waals surface area (Å²) >= 11 is 0. The third kappa shape index (κ3) is 3.15. The number of hydrogen-bond acceptors (Lipinski definition) is 4. The van der Waals surface area contributed by atoms with Crippen molar-refractivity contribution < 1.29 is 21.7 Å². The van der Waals surface area contributed by atoms with Crippen LogP contribution in [0.1, 0.15) is 23.7 Å². The van der Waals surface area contributed by atoms with Gasteiger partial charge in [0.1, 0.15) is 5.82 Å². The SMILES string of the molecule is C=C1CO[C@H](c2ccccc2)C(C2=NS(=O)(=O)Oc3ccc(F)cc32)C1. The fourth-order valence-corrected chi connectivity index (χ4v) is 4.24. The fraction of sp³-hybridized carbons (Fsp3) is 0.211. The van der Waals surface area contributed by atoms with Crippen LogP contribution in [-0.2, 0) is 15.0 Å². The summed E-state index contributed by atoms with van der Waals surface area (Å²) in [6, 6.07) is 13.2. The van der Waals surface area contributed by atoms with Crippen molar-refractivity contribution in [2.45, 2.75) is 12.5 Å². The number of halogens is 1. The maximum Gasteiger partial charge on any atom is 0.428 e. The third-order valence-corrected chi connectivity index (χ3v) is 5.25. The highest BCUT2D eigenvalue weighted by Crippen LogP contribution is 2.41. The first-order chi connectivity index (χ1) is 12.4. The first-order valence-corrected chi connectivity index (χ1v) is 9.47. The van der Waals surface area contributed by atoms with E-state index in [2.05, 4.69) is 11.0 Å². The predicted octanol–water partition coefficient (Wildman–Crippen LogP) is 3.59. The summed E-state index contributed by atoms with van der Waals surface area (Å²) in [6.07, 6.45) is 0.0778. The van der Waals surface area contributed by atoms with Gasteiger partial charge in [0.25, 0.3) is 0 Å². The molecule has 0 radical (unpaired) electrons. The fourth-order valence-electron chi connectivity index (χ4n) is 3.36. The Kier molecular flexibility index (Phi) is 4.13. The largest absolute Gasteiger partial charge is 0.428 e. The smallest absolute Gasteiger partial charge is 0.368 e. The number of ether oxygens (including phenoxy) is 1. The van der Waals surface area contributed by atoms with Crippen molar-refractivity contribution in [2.75, 3.05) is 6.61 Å². The van der Waals surface area contributed by atoms with Crippen LogP contribution >= 0.6 is 0 Å². The van der Waals surface area contributed by atoms with Crippen molar-refractivity contribution in [3.63, 3.8) is 0 Å². The molecule has 2 atom stereocenters. The monoisotopic (exact) mass is 373 g/mol. The molecule has 5 nitrogen and oxygen atoms in total. The van der Waals surface area contributed by atoms with Crippen LogP contribution in [0.25, 0.3) is 0 Å². The second kappa shape index (κ2) is 6.34. The molecule has 2 aliphatic heterocycles. The lowest BCUT2D eigenvalue weighted by atomic mass is 9.81. The van der Waals surface area contributed by atoms with E-state index in [0.717, 1.165) is 17.2 Å². The number of hydrogen-bond donors (Lipinski definition) is 0. The quantitative estimate of drug-likeness (QED) is 0.755. The minimum atomic E-state index is -4.15. The van der Waals surface area contributed by atoms with Gasteiger partial charge in [-0.15, -0.1) is 4.40 Å². The van der Waals surface area contributed by atoms with Crippen LogP contribution in [0, 0.1) is 11.7 Å². The summed E-state index contributed by atoms with van der Waals surface area (Å²) in [5.74, 6) is -0.844. The van der Waals surface area contributed by atoms with Gasteiger partial charge in [-0.3, -0.25) is 0 Å². The van der Waals surface area contributed by atoms with E-state index in [9.17, 15) is 12.8 Å². The van der Waals surface area contributed by atoms with Gasteiger partial charge in [-0.05, 0) is 30.2 Å². The molecule has 2 aromatic carbocycles. The van der Waals surface area contributed by atoms with Crippen LogP contribution in [0.3, 0.4) is 0 Å². The molecule has 2 aromatic rings. The lowest BCUT2D eigenvalue weighted by Gasteiger charge is -2.35. The molecule has 0 bridgehead atoms. The summed E-state index contributed by atoms with van der Waals surface area (Å²) in [4.78, 5) is 0. The highest BCUT2D eigenvalue weighted by Gasteiger charge is 2.38. The molecule has 1 unspecified atom stereocenters. The molecule has 0 aliphatic carbocycles. The van der Waals surface area contributed by atoms with Crippen LogP contribution in [0.4, 0.5) is 4.39 Å². The van der Waals surface area contributed by atoms with Crippen molar-refractivity contribution >= 4 is 16.0 Å². The number of benzene rings is 2. The zero-order chi connectivity index (χ0) is 18.3.